The number of unbranched alkanes of at least 4 members (excludes halogenated alkanes) is 1. The van der Waals surface area contributed by atoms with Crippen molar-refractivity contribution in [2.24, 2.45) is 0 Å². The molecular formula is C10H15NO4. The molecule has 1 aromatic rings. The van der Waals surface area contributed by atoms with Crippen LogP contribution in [0.25, 0.3) is 0 Å². The average molecular weight is 213 g/mol. The molecule has 0 unspecified atom stereocenters. The lowest BCUT2D eigenvalue weighted by Crippen LogP contribution is -2.26. The number of carbonyl (C=O) groups is 1. The van der Waals surface area contributed by atoms with Crippen molar-refractivity contribution in [1.82, 2.24) is 4.57 Å². The predicted octanol–water partition coefficient (Wildman–Crippen LogP) is 1.35. The summed E-state index contributed by atoms with van der Waals surface area (Å²) in [6.45, 7) is 4.01. The normalized spacial score (nSPS) is 12.4. The second kappa shape index (κ2) is 5.38. The van der Waals surface area contributed by atoms with Crippen LogP contribution in [-0.2, 0) is 9.53 Å². The average Bonchev–Trinajstić information content (AvgIpc) is 2.63. The standard InChI is InChI=1S/C10H15NO4/c1-3-4-6-14-9(12)8(2)11-5-7-15-10(11)13/h5,7-8H,3-4,6H2,1-2H3/t8-/m0/s1. The number of oxazole rings is 1. The van der Waals surface area contributed by atoms with Crippen molar-refractivity contribution in [2.45, 2.75) is 32.7 Å². The summed E-state index contributed by atoms with van der Waals surface area (Å²) < 4.78 is 10.7. The maximum atomic E-state index is 11.4. The van der Waals surface area contributed by atoms with E-state index in [0.717, 1.165) is 12.8 Å². The first kappa shape index (κ1) is 11.6. The molecule has 0 saturated carbocycles. The van der Waals surface area contributed by atoms with Crippen molar-refractivity contribution in [3.63, 3.8) is 0 Å². The van der Waals surface area contributed by atoms with Gasteiger partial charge in [0.15, 0.2) is 0 Å². The third-order valence-corrected chi connectivity index (χ3v) is 2.10. The van der Waals surface area contributed by atoms with Gasteiger partial charge in [0.2, 0.25) is 0 Å². The number of esters is 1. The molecule has 0 aliphatic carbocycles. The van der Waals surface area contributed by atoms with Crippen LogP contribution in [0.3, 0.4) is 0 Å². The second-order valence-corrected chi connectivity index (χ2v) is 3.27. The molecule has 15 heavy (non-hydrogen) atoms. The van der Waals surface area contributed by atoms with Gasteiger partial charge in [-0.15, -0.1) is 0 Å². The van der Waals surface area contributed by atoms with Crippen molar-refractivity contribution < 1.29 is 13.9 Å². The first-order chi connectivity index (χ1) is 7.16. The number of hydrogen-bond donors (Lipinski definition) is 0. The number of ether oxygens (including phenoxy) is 1. The van der Waals surface area contributed by atoms with E-state index in [9.17, 15) is 9.59 Å². The van der Waals surface area contributed by atoms with E-state index in [1.807, 2.05) is 6.92 Å². The fourth-order valence-corrected chi connectivity index (χ4v) is 1.11. The highest BCUT2D eigenvalue weighted by atomic mass is 16.5. The molecule has 1 rings (SSSR count). The molecule has 0 aliphatic heterocycles. The molecule has 0 spiro atoms. The minimum Gasteiger partial charge on any atom is -0.464 e. The molecule has 0 amide bonds. The van der Waals surface area contributed by atoms with E-state index in [4.69, 9.17) is 4.74 Å². The van der Waals surface area contributed by atoms with E-state index in [1.165, 1.54) is 17.0 Å². The highest BCUT2D eigenvalue weighted by Crippen LogP contribution is 2.05. The predicted molar refractivity (Wildman–Crippen MR) is 53.5 cm³/mol. The number of aromatic nitrogens is 1. The summed E-state index contributed by atoms with van der Waals surface area (Å²) in [7, 11) is 0. The molecule has 0 aliphatic rings. The van der Waals surface area contributed by atoms with Crippen LogP contribution in [0.15, 0.2) is 21.7 Å². The van der Waals surface area contributed by atoms with Crippen LogP contribution in [0.4, 0.5) is 0 Å². The molecule has 0 aromatic carbocycles. The first-order valence-corrected chi connectivity index (χ1v) is 4.99. The van der Waals surface area contributed by atoms with Gasteiger partial charge in [0.25, 0.3) is 0 Å². The van der Waals surface area contributed by atoms with Gasteiger partial charge >= 0.3 is 11.7 Å². The molecule has 0 saturated heterocycles. The van der Waals surface area contributed by atoms with Crippen molar-refractivity contribution in [3.05, 3.63) is 23.0 Å². The molecule has 0 fully saturated rings. The number of nitrogens with zero attached hydrogens (tertiary/aromatic N) is 1. The molecule has 5 heteroatoms. The fourth-order valence-electron chi connectivity index (χ4n) is 1.11. The Morgan fingerprint density at radius 2 is 2.40 bits per heavy atom. The Morgan fingerprint density at radius 1 is 1.67 bits per heavy atom. The van der Waals surface area contributed by atoms with Crippen LogP contribution >= 0.6 is 0 Å². The molecule has 0 radical (unpaired) electrons. The Morgan fingerprint density at radius 3 is 2.93 bits per heavy atom. The quantitative estimate of drug-likeness (QED) is 0.547. The maximum absolute atomic E-state index is 11.4. The van der Waals surface area contributed by atoms with Gasteiger partial charge in [0.1, 0.15) is 12.3 Å². The second-order valence-electron chi connectivity index (χ2n) is 3.27. The lowest BCUT2D eigenvalue weighted by molar-refractivity contribution is -0.147. The van der Waals surface area contributed by atoms with Gasteiger partial charge in [-0.25, -0.2) is 9.59 Å². The molecule has 0 bridgehead atoms. The van der Waals surface area contributed by atoms with Crippen molar-refractivity contribution in [2.75, 3.05) is 6.61 Å². The summed E-state index contributed by atoms with van der Waals surface area (Å²) in [4.78, 5) is 22.5. The topological polar surface area (TPSA) is 61.4 Å². The van der Waals surface area contributed by atoms with Crippen LogP contribution < -0.4 is 5.76 Å². The van der Waals surface area contributed by atoms with Crippen molar-refractivity contribution >= 4 is 5.97 Å². The van der Waals surface area contributed by atoms with Gasteiger partial charge in [-0.05, 0) is 13.3 Å². The third kappa shape index (κ3) is 2.97. The van der Waals surface area contributed by atoms with Gasteiger partial charge in [0.05, 0.1) is 6.61 Å². The Bertz CT molecular complexity index is 365. The van der Waals surface area contributed by atoms with Crippen LogP contribution in [0.1, 0.15) is 32.7 Å². The Hall–Kier alpha value is -1.52. The maximum Gasteiger partial charge on any atom is 0.419 e. The van der Waals surface area contributed by atoms with E-state index in [0.29, 0.717) is 6.61 Å². The van der Waals surface area contributed by atoms with Crippen LogP contribution in [0.2, 0.25) is 0 Å². The highest BCUT2D eigenvalue weighted by Gasteiger charge is 2.18. The van der Waals surface area contributed by atoms with Crippen molar-refractivity contribution in [1.29, 1.82) is 0 Å². The summed E-state index contributed by atoms with van der Waals surface area (Å²) in [5.74, 6) is -0.957. The Labute approximate surface area is 87.6 Å². The summed E-state index contributed by atoms with van der Waals surface area (Å²) in [6.07, 6.45) is 4.47. The van der Waals surface area contributed by atoms with E-state index >= 15 is 0 Å². The molecule has 84 valence electrons. The molecule has 0 N–H and O–H groups in total. The SMILES string of the molecule is CCCCOC(=O)[C@H](C)n1ccoc1=O. The van der Waals surface area contributed by atoms with Crippen LogP contribution in [0, 0.1) is 0 Å². The van der Waals surface area contributed by atoms with Gasteiger partial charge < -0.3 is 9.15 Å². The zero-order chi connectivity index (χ0) is 11.3. The van der Waals surface area contributed by atoms with E-state index < -0.39 is 17.8 Å². The van der Waals surface area contributed by atoms with E-state index in [1.54, 1.807) is 6.92 Å². The van der Waals surface area contributed by atoms with Gasteiger partial charge in [-0.1, -0.05) is 13.3 Å². The summed E-state index contributed by atoms with van der Waals surface area (Å²) in [5.41, 5.74) is 0. The minimum atomic E-state index is -0.631. The lowest BCUT2D eigenvalue weighted by Gasteiger charge is -2.10. The summed E-state index contributed by atoms with van der Waals surface area (Å²) in [6, 6.07) is -0.631. The lowest BCUT2D eigenvalue weighted by atomic mass is 10.3. The molecule has 1 aromatic heterocycles. The monoisotopic (exact) mass is 213 g/mol. The number of rotatable bonds is 5. The molecule has 5 nitrogen and oxygen atoms in total. The van der Waals surface area contributed by atoms with Crippen LogP contribution in [-0.4, -0.2) is 17.1 Å². The zero-order valence-corrected chi connectivity index (χ0v) is 8.93. The first-order valence-electron chi connectivity index (χ1n) is 4.99. The Kier molecular flexibility index (Phi) is 4.15. The van der Waals surface area contributed by atoms with E-state index in [-0.39, 0.29) is 0 Å². The number of hydrogen-bond acceptors (Lipinski definition) is 4. The van der Waals surface area contributed by atoms with Gasteiger partial charge in [-0.2, -0.15) is 0 Å². The molecule has 1 heterocycles. The van der Waals surface area contributed by atoms with E-state index in [2.05, 4.69) is 4.42 Å². The smallest absolute Gasteiger partial charge is 0.419 e. The fraction of sp³-hybridized carbons (Fsp3) is 0.600. The minimum absolute atomic E-state index is 0.395. The number of carbonyl (C=O) groups excluding carboxylic acids is 1. The molecular weight excluding hydrogens is 198 g/mol. The Balaban J connectivity index is 2.54. The van der Waals surface area contributed by atoms with Gasteiger partial charge in [-0.3, -0.25) is 4.57 Å². The summed E-state index contributed by atoms with van der Waals surface area (Å²) in [5, 5.41) is 0. The highest BCUT2D eigenvalue weighted by molar-refractivity contribution is 5.73. The largest absolute Gasteiger partial charge is 0.464 e. The molecule has 1 atom stereocenters. The van der Waals surface area contributed by atoms with Gasteiger partial charge in [0, 0.05) is 6.20 Å². The third-order valence-electron chi connectivity index (χ3n) is 2.10. The van der Waals surface area contributed by atoms with Crippen LogP contribution in [0.5, 0.6) is 0 Å². The van der Waals surface area contributed by atoms with Crippen molar-refractivity contribution in [3.8, 4) is 0 Å². The summed E-state index contributed by atoms with van der Waals surface area (Å²) >= 11 is 0. The zero-order valence-electron chi connectivity index (χ0n) is 8.93.